The zero-order valence-corrected chi connectivity index (χ0v) is 52.3. The van der Waals surface area contributed by atoms with Crippen molar-refractivity contribution in [3.63, 3.8) is 0 Å². The van der Waals surface area contributed by atoms with E-state index in [1.54, 1.807) is 0 Å². The second-order valence-corrected chi connectivity index (χ2v) is 26.9. The summed E-state index contributed by atoms with van der Waals surface area (Å²) >= 11 is 0. The molecule has 4 aromatic carbocycles. The lowest BCUT2D eigenvalue weighted by Crippen LogP contribution is -2.32. The molecule has 10 heteroatoms. The van der Waals surface area contributed by atoms with Crippen molar-refractivity contribution in [1.82, 2.24) is 24.8 Å². The highest BCUT2D eigenvalue weighted by Gasteiger charge is 2.26. The van der Waals surface area contributed by atoms with Crippen molar-refractivity contribution in [3.05, 3.63) is 165 Å². The van der Waals surface area contributed by atoms with E-state index in [-0.39, 0.29) is 21.7 Å². The van der Waals surface area contributed by atoms with E-state index in [0.717, 1.165) is 89.4 Å². The summed E-state index contributed by atoms with van der Waals surface area (Å²) in [6, 6.07) is 40.9. The zero-order valence-electron chi connectivity index (χ0n) is 52.3. The van der Waals surface area contributed by atoms with Crippen LogP contribution < -0.4 is 0 Å². The van der Waals surface area contributed by atoms with E-state index >= 15 is 0 Å². The van der Waals surface area contributed by atoms with Crippen LogP contribution in [0.1, 0.15) is 139 Å². The normalized spacial score (nSPS) is 16.0. The van der Waals surface area contributed by atoms with Gasteiger partial charge in [0, 0.05) is 64.0 Å². The van der Waals surface area contributed by atoms with Crippen LogP contribution in [-0.4, -0.2) is 104 Å². The van der Waals surface area contributed by atoms with E-state index in [1.165, 1.54) is 33.4 Å². The van der Waals surface area contributed by atoms with Crippen LogP contribution in [0.3, 0.4) is 0 Å². The molecular formula is C74H89N5O5. The highest BCUT2D eigenvalue weighted by molar-refractivity contribution is 6.00. The maximum atomic E-state index is 6.25. The van der Waals surface area contributed by atoms with Gasteiger partial charge in [0.15, 0.2) is 0 Å². The maximum absolute atomic E-state index is 6.25. The van der Waals surface area contributed by atoms with Crippen LogP contribution in [0, 0.1) is 6.92 Å². The van der Waals surface area contributed by atoms with Gasteiger partial charge in [-0.25, -0.2) is 9.97 Å². The number of hydrogen-bond donors (Lipinski definition) is 2. The van der Waals surface area contributed by atoms with Crippen LogP contribution in [0.5, 0.6) is 0 Å². The number of H-pyrrole nitrogens is 2. The molecule has 8 bridgehead atoms. The number of aryl methyl sites for hydroxylation is 1. The van der Waals surface area contributed by atoms with Crippen LogP contribution in [-0.2, 0) is 51.9 Å². The average molecular weight is 1130 g/mol. The molecule has 3 aliphatic heterocycles. The largest absolute Gasteiger partial charge is 0.378 e. The Morgan fingerprint density at radius 1 is 0.357 bits per heavy atom. The molecule has 84 heavy (non-hydrogen) atoms. The summed E-state index contributed by atoms with van der Waals surface area (Å²) in [4.78, 5) is 22.0. The number of ether oxygens (including phenoxy) is 5. The molecule has 0 radical (unpaired) electrons. The van der Waals surface area contributed by atoms with Crippen molar-refractivity contribution in [2.24, 2.45) is 0 Å². The minimum Gasteiger partial charge on any atom is -0.378 e. The second-order valence-electron chi connectivity index (χ2n) is 26.9. The first-order valence-corrected chi connectivity index (χ1v) is 30.3. The molecule has 3 aliphatic rings. The lowest BCUT2D eigenvalue weighted by atomic mass is 9.82. The van der Waals surface area contributed by atoms with Gasteiger partial charge in [0.05, 0.1) is 88.8 Å². The van der Waals surface area contributed by atoms with Crippen molar-refractivity contribution in [1.29, 1.82) is 0 Å². The summed E-state index contributed by atoms with van der Waals surface area (Å²) in [5.41, 5.74) is 23.2. The number of rotatable bonds is 6. The Bertz CT molecular complexity index is 3600. The molecule has 0 atom stereocenters. The van der Waals surface area contributed by atoms with Crippen LogP contribution >= 0.6 is 0 Å². The van der Waals surface area contributed by atoms with Crippen molar-refractivity contribution < 1.29 is 23.7 Å². The first-order valence-electron chi connectivity index (χ1n) is 30.3. The highest BCUT2D eigenvalue weighted by atomic mass is 16.6. The van der Waals surface area contributed by atoms with Gasteiger partial charge >= 0.3 is 0 Å². The Kier molecular flexibility index (Phi) is 18.3. The van der Waals surface area contributed by atoms with Crippen LogP contribution in [0.25, 0.3) is 90.9 Å². The maximum Gasteiger partial charge on any atom is 0.0737 e. The van der Waals surface area contributed by atoms with Crippen LogP contribution in [0.15, 0.2) is 109 Å². The molecule has 2 N–H and O–H groups in total. The van der Waals surface area contributed by atoms with Gasteiger partial charge in [-0.2, -0.15) is 0 Å². The molecule has 0 saturated carbocycles. The van der Waals surface area contributed by atoms with Gasteiger partial charge in [0.2, 0.25) is 0 Å². The van der Waals surface area contributed by atoms with Crippen LogP contribution in [0.2, 0.25) is 0 Å². The second kappa shape index (κ2) is 25.4. The third-order valence-corrected chi connectivity index (χ3v) is 16.4. The van der Waals surface area contributed by atoms with Gasteiger partial charge in [0.25, 0.3) is 0 Å². The fraction of sp³-hybridized carbons (Fsp3) is 0.405. The Balaban J connectivity index is 1.25. The summed E-state index contributed by atoms with van der Waals surface area (Å²) in [7, 11) is 0. The van der Waals surface area contributed by atoms with Crippen molar-refractivity contribution >= 4 is 46.4 Å². The standard InChI is InChI=1S/C74H89N5O5/c1-49-46-57(74(11,12)13)47-53(48-79-34-36-80-38-40-82-42-44-84-45-43-83-41-39-81-37-35-79)66(49)70-64-32-30-62(77-64)68(51-16-22-55(23-17-51)72(5,6)7)60-28-26-58(75-60)67(50-14-20-54(21-15-50)71(2,3)4)59-27-29-61(76-59)69(63-31-33-65(70)78-63)52-18-24-56(25-19-52)73(8,9)10/h14-33,46-47,75,78H,34-45,48H2,1-13H3. The van der Waals surface area contributed by atoms with Gasteiger partial charge in [-0.3, -0.25) is 4.90 Å². The molecule has 1 fully saturated rings. The molecular weight excluding hydrogens is 1040 g/mol. The topological polar surface area (TPSA) is 107 Å². The van der Waals surface area contributed by atoms with Crippen molar-refractivity contribution in [2.45, 2.75) is 118 Å². The minimum atomic E-state index is -0.120. The van der Waals surface area contributed by atoms with Crippen molar-refractivity contribution in [3.8, 4) is 44.5 Å². The summed E-state index contributed by atoms with van der Waals surface area (Å²) in [6.07, 6.45) is 8.82. The van der Waals surface area contributed by atoms with Crippen molar-refractivity contribution in [2.75, 3.05) is 79.2 Å². The van der Waals surface area contributed by atoms with E-state index in [1.807, 2.05) is 0 Å². The Morgan fingerprint density at radius 2 is 0.655 bits per heavy atom. The quantitative estimate of drug-likeness (QED) is 0.170. The lowest BCUT2D eigenvalue weighted by molar-refractivity contribution is -0.0189. The fourth-order valence-electron chi connectivity index (χ4n) is 11.4. The van der Waals surface area contributed by atoms with E-state index in [9.17, 15) is 0 Å². The SMILES string of the molecule is Cc1cc(C(C)(C)C)cc(CN2CCOCCOCCOCCOCCOCC2)c1-c1c2nc(c(-c3ccc(C(C)(C)C)cc3)c3ccc([nH]3)c(-c3ccc(C(C)(C)C)cc3)c3nc(c(-c4ccc(C(C)(C)C)cc4)c4ccc1[nH]4)C=C3)C=C2. The summed E-state index contributed by atoms with van der Waals surface area (Å²) in [6.45, 7) is 36.8. The number of hydrogen-bond acceptors (Lipinski definition) is 8. The van der Waals surface area contributed by atoms with Gasteiger partial charge in [0.1, 0.15) is 0 Å². The Hall–Kier alpha value is -6.76. The molecule has 0 aliphatic carbocycles. The van der Waals surface area contributed by atoms with E-state index in [4.69, 9.17) is 33.7 Å². The number of aromatic nitrogens is 4. The molecule has 10 rings (SSSR count). The summed E-state index contributed by atoms with van der Waals surface area (Å²) < 4.78 is 29.8. The monoisotopic (exact) mass is 1130 g/mol. The van der Waals surface area contributed by atoms with Gasteiger partial charge < -0.3 is 33.7 Å². The first-order chi connectivity index (χ1) is 40.1. The molecule has 7 aromatic rings. The molecule has 1 saturated heterocycles. The predicted octanol–water partition coefficient (Wildman–Crippen LogP) is 16.7. The summed E-state index contributed by atoms with van der Waals surface area (Å²) in [5.74, 6) is 0. The molecule has 440 valence electrons. The molecule has 6 heterocycles. The van der Waals surface area contributed by atoms with E-state index < -0.39 is 0 Å². The van der Waals surface area contributed by atoms with E-state index in [0.29, 0.717) is 85.7 Å². The van der Waals surface area contributed by atoms with Gasteiger partial charge in [-0.05, 0) is 133 Å². The predicted molar refractivity (Wildman–Crippen MR) is 350 cm³/mol. The number of nitrogens with zero attached hydrogens (tertiary/aromatic N) is 3. The smallest absolute Gasteiger partial charge is 0.0737 e. The number of nitrogens with one attached hydrogen (secondary N) is 2. The molecule has 3 aromatic heterocycles. The fourth-order valence-corrected chi connectivity index (χ4v) is 11.4. The third-order valence-electron chi connectivity index (χ3n) is 16.4. The third kappa shape index (κ3) is 14.1. The summed E-state index contributed by atoms with van der Waals surface area (Å²) in [5, 5.41) is 0. The lowest BCUT2D eigenvalue weighted by Gasteiger charge is -2.28. The number of fused-ring (bicyclic) bond motifs is 8. The van der Waals surface area contributed by atoms with Crippen LogP contribution in [0.4, 0.5) is 0 Å². The molecule has 10 nitrogen and oxygen atoms in total. The first kappa shape index (κ1) is 60.4. The Labute approximate surface area is 499 Å². The molecule has 0 unspecified atom stereocenters. The van der Waals surface area contributed by atoms with E-state index in [2.05, 4.69) is 238 Å². The van der Waals surface area contributed by atoms with Gasteiger partial charge in [-0.1, -0.05) is 168 Å². The molecule has 0 spiro atoms. The number of aromatic amines is 2. The average Bonchev–Trinajstić information content (AvgIpc) is 2.18. The number of benzene rings is 4. The molecule has 0 amide bonds. The highest BCUT2D eigenvalue weighted by Crippen LogP contribution is 2.43. The Morgan fingerprint density at radius 3 is 0.976 bits per heavy atom. The van der Waals surface area contributed by atoms with Gasteiger partial charge in [-0.15, -0.1) is 0 Å². The minimum absolute atomic E-state index is 0.00139. The zero-order chi connectivity index (χ0) is 59.4.